The molecule has 0 bridgehead atoms. The number of phosphoric ester groups is 1. The molecular weight excluding hydrogens is 709 g/mol. The van der Waals surface area contributed by atoms with Crippen LogP contribution in [0.4, 0.5) is 0 Å². The maximum Gasteiger partial charge on any atom is 0.472 e. The molecule has 0 amide bonds. The summed E-state index contributed by atoms with van der Waals surface area (Å²) in [4.78, 5) is 22.9. The Bertz CT molecular complexity index is 894. The number of ether oxygens (including phenoxy) is 2. The van der Waals surface area contributed by atoms with Crippen molar-refractivity contribution < 1.29 is 37.3 Å². The van der Waals surface area contributed by atoms with E-state index in [0.29, 0.717) is 24.1 Å². The third-order valence-corrected chi connectivity index (χ3v) is 11.3. The van der Waals surface area contributed by atoms with E-state index in [2.05, 4.69) is 26.0 Å². The van der Waals surface area contributed by atoms with Crippen LogP contribution in [-0.2, 0) is 27.9 Å². The van der Waals surface area contributed by atoms with Crippen molar-refractivity contribution in [2.75, 3.05) is 54.1 Å². The van der Waals surface area contributed by atoms with Gasteiger partial charge in [0, 0.05) is 13.0 Å². The normalized spacial score (nSPS) is 13.8. The third-order valence-electron chi connectivity index (χ3n) is 10.3. The van der Waals surface area contributed by atoms with Gasteiger partial charge >= 0.3 is 13.8 Å². The highest BCUT2D eigenvalue weighted by molar-refractivity contribution is 7.47. The van der Waals surface area contributed by atoms with Gasteiger partial charge in [-0.3, -0.25) is 13.8 Å². The number of rotatable bonds is 44. The summed E-state index contributed by atoms with van der Waals surface area (Å²) in [5.41, 5.74) is 0. The highest BCUT2D eigenvalue weighted by Crippen LogP contribution is 2.43. The summed E-state index contributed by atoms with van der Waals surface area (Å²) in [7, 11) is 1.68. The number of nitrogens with zero attached hydrogens (tertiary/aromatic N) is 1. The van der Waals surface area contributed by atoms with E-state index in [-0.39, 0.29) is 25.8 Å². The van der Waals surface area contributed by atoms with Crippen LogP contribution in [-0.4, -0.2) is 75.6 Å². The molecule has 0 aromatic heterocycles. The van der Waals surface area contributed by atoms with Crippen LogP contribution >= 0.6 is 7.82 Å². The highest BCUT2D eigenvalue weighted by Gasteiger charge is 2.26. The van der Waals surface area contributed by atoms with Crippen molar-refractivity contribution in [2.24, 2.45) is 0 Å². The highest BCUT2D eigenvalue weighted by atomic mass is 31.2. The zero-order valence-corrected chi connectivity index (χ0v) is 38.1. The van der Waals surface area contributed by atoms with Crippen LogP contribution in [0.3, 0.4) is 0 Å². The summed E-state index contributed by atoms with van der Waals surface area (Å²) in [5, 5.41) is 0. The summed E-state index contributed by atoms with van der Waals surface area (Å²) >= 11 is 0. The standard InChI is InChI=1S/C46H92NO7P/c1-6-8-10-12-14-16-18-20-22-23-24-25-26-27-29-31-33-35-37-39-46(48)54-45(44-53-55(49,50)52-42-40-47(3,4)5)43-51-41-38-36-34-32-30-28-21-19-17-15-13-11-9-7-2/h17,19,45H,6-16,18,20-44H2,1-5H3/p+1/b19-17-. The van der Waals surface area contributed by atoms with Crippen LogP contribution in [0.1, 0.15) is 219 Å². The molecule has 0 aliphatic heterocycles. The number of hydrogen-bond acceptors (Lipinski definition) is 6. The molecule has 9 heteroatoms. The van der Waals surface area contributed by atoms with Crippen LogP contribution in [0, 0.1) is 0 Å². The molecule has 0 spiro atoms. The molecule has 328 valence electrons. The van der Waals surface area contributed by atoms with Crippen LogP contribution < -0.4 is 0 Å². The number of esters is 1. The van der Waals surface area contributed by atoms with E-state index >= 15 is 0 Å². The van der Waals surface area contributed by atoms with E-state index in [1.807, 2.05) is 21.1 Å². The maximum absolute atomic E-state index is 12.7. The second-order valence-electron chi connectivity index (χ2n) is 17.1. The zero-order chi connectivity index (χ0) is 40.6. The van der Waals surface area contributed by atoms with Crippen molar-refractivity contribution in [3.05, 3.63) is 12.2 Å². The van der Waals surface area contributed by atoms with Gasteiger partial charge in [-0.25, -0.2) is 4.57 Å². The lowest BCUT2D eigenvalue weighted by molar-refractivity contribution is -0.870. The summed E-state index contributed by atoms with van der Waals surface area (Å²) in [6.45, 7) is 5.64. The SMILES string of the molecule is CCCCCC/C=C\CCCCCCCCOCC(COP(=O)(O)OCC[N+](C)(C)C)OC(=O)CCCCCCCCCCCCCCCCCCCCC. The Balaban J connectivity index is 4.15. The average Bonchev–Trinajstić information content (AvgIpc) is 3.13. The van der Waals surface area contributed by atoms with Crippen molar-refractivity contribution in [1.82, 2.24) is 0 Å². The van der Waals surface area contributed by atoms with E-state index in [1.165, 1.54) is 167 Å². The lowest BCUT2D eigenvalue weighted by Crippen LogP contribution is -2.37. The Kier molecular flexibility index (Phi) is 39.5. The van der Waals surface area contributed by atoms with Gasteiger partial charge in [-0.15, -0.1) is 0 Å². The molecule has 2 unspecified atom stereocenters. The van der Waals surface area contributed by atoms with Crippen LogP contribution in [0.5, 0.6) is 0 Å². The van der Waals surface area contributed by atoms with Crippen molar-refractivity contribution in [1.29, 1.82) is 0 Å². The van der Waals surface area contributed by atoms with Gasteiger partial charge in [-0.1, -0.05) is 187 Å². The minimum absolute atomic E-state index is 0.0907. The van der Waals surface area contributed by atoms with Crippen LogP contribution in [0.25, 0.3) is 0 Å². The number of hydrogen-bond donors (Lipinski definition) is 1. The molecule has 0 aliphatic carbocycles. The first-order valence-corrected chi connectivity index (χ1v) is 24.9. The van der Waals surface area contributed by atoms with Crippen molar-refractivity contribution in [2.45, 2.75) is 225 Å². The van der Waals surface area contributed by atoms with Gasteiger partial charge in [0.15, 0.2) is 0 Å². The monoisotopic (exact) mass is 803 g/mol. The quantitative estimate of drug-likeness (QED) is 0.0216. The van der Waals surface area contributed by atoms with Gasteiger partial charge in [-0.05, 0) is 38.5 Å². The predicted octanol–water partition coefficient (Wildman–Crippen LogP) is 13.8. The molecule has 8 nitrogen and oxygen atoms in total. The lowest BCUT2D eigenvalue weighted by atomic mass is 10.0. The van der Waals surface area contributed by atoms with Crippen LogP contribution in [0.15, 0.2) is 12.2 Å². The van der Waals surface area contributed by atoms with Crippen LogP contribution in [0.2, 0.25) is 0 Å². The number of likely N-dealkylation sites (N-methyl/N-ethyl adjacent to an activating group) is 1. The second kappa shape index (κ2) is 40.0. The number of quaternary nitrogens is 1. The van der Waals surface area contributed by atoms with Crippen molar-refractivity contribution >= 4 is 13.8 Å². The van der Waals surface area contributed by atoms with Gasteiger partial charge in [0.25, 0.3) is 0 Å². The summed E-state index contributed by atoms with van der Waals surface area (Å²) < 4.78 is 35.0. The number of carbonyl (C=O) groups excluding carboxylic acids is 1. The Morgan fingerprint density at radius 3 is 1.40 bits per heavy atom. The molecule has 0 aromatic carbocycles. The van der Waals surface area contributed by atoms with Gasteiger partial charge in [0.2, 0.25) is 0 Å². The minimum atomic E-state index is -4.27. The Hall–Kier alpha value is -0.760. The molecule has 1 N–H and O–H groups in total. The first kappa shape index (κ1) is 54.2. The Labute approximate surface area is 341 Å². The topological polar surface area (TPSA) is 91.3 Å². The average molecular weight is 803 g/mol. The molecule has 0 fully saturated rings. The van der Waals surface area contributed by atoms with E-state index in [0.717, 1.165) is 32.1 Å². The molecule has 0 saturated heterocycles. The smallest absolute Gasteiger partial charge is 0.457 e. The number of carbonyl (C=O) groups is 1. The molecule has 0 radical (unpaired) electrons. The molecule has 0 aromatic rings. The van der Waals surface area contributed by atoms with Gasteiger partial charge in [-0.2, -0.15) is 0 Å². The first-order chi connectivity index (χ1) is 26.6. The minimum Gasteiger partial charge on any atom is -0.457 e. The predicted molar refractivity (Wildman–Crippen MR) is 234 cm³/mol. The van der Waals surface area contributed by atoms with Gasteiger partial charge in [0.05, 0.1) is 34.4 Å². The van der Waals surface area contributed by atoms with E-state index in [9.17, 15) is 14.3 Å². The second-order valence-corrected chi connectivity index (χ2v) is 18.6. The van der Waals surface area contributed by atoms with Crippen molar-refractivity contribution in [3.63, 3.8) is 0 Å². The molecule has 0 heterocycles. The largest absolute Gasteiger partial charge is 0.472 e. The molecule has 0 rings (SSSR count). The van der Waals surface area contributed by atoms with E-state index in [1.54, 1.807) is 0 Å². The fourth-order valence-electron chi connectivity index (χ4n) is 6.67. The Morgan fingerprint density at radius 1 is 0.545 bits per heavy atom. The summed E-state index contributed by atoms with van der Waals surface area (Å²) in [5.74, 6) is -0.311. The Morgan fingerprint density at radius 2 is 0.945 bits per heavy atom. The summed E-state index contributed by atoms with van der Waals surface area (Å²) in [6, 6.07) is 0. The van der Waals surface area contributed by atoms with E-state index < -0.39 is 13.9 Å². The van der Waals surface area contributed by atoms with Gasteiger partial charge in [0.1, 0.15) is 19.3 Å². The van der Waals surface area contributed by atoms with Gasteiger partial charge < -0.3 is 18.9 Å². The number of unbranched alkanes of at least 4 members (excludes halogenated alkanes) is 28. The number of allylic oxidation sites excluding steroid dienone is 2. The lowest BCUT2D eigenvalue weighted by Gasteiger charge is -2.24. The summed E-state index contributed by atoms with van der Waals surface area (Å²) in [6.07, 6.45) is 43.8. The first-order valence-electron chi connectivity index (χ1n) is 23.4. The zero-order valence-electron chi connectivity index (χ0n) is 37.2. The van der Waals surface area contributed by atoms with E-state index in [4.69, 9.17) is 18.5 Å². The third kappa shape index (κ3) is 44.2. The fourth-order valence-corrected chi connectivity index (χ4v) is 7.41. The maximum atomic E-state index is 12.7. The van der Waals surface area contributed by atoms with Crippen molar-refractivity contribution in [3.8, 4) is 0 Å². The molecule has 0 aliphatic rings. The fraction of sp³-hybridized carbons (Fsp3) is 0.935. The molecule has 2 atom stereocenters. The number of phosphoric acid groups is 1. The molecule has 55 heavy (non-hydrogen) atoms. The molecule has 0 saturated carbocycles. The molecular formula is C46H93NO7P+.